The highest BCUT2D eigenvalue weighted by atomic mass is 35.5. The molecule has 1 aromatic carbocycles. The third kappa shape index (κ3) is 3.99. The van der Waals surface area contributed by atoms with Crippen molar-refractivity contribution in [1.29, 1.82) is 0 Å². The second-order valence-corrected chi connectivity index (χ2v) is 5.97. The summed E-state index contributed by atoms with van der Waals surface area (Å²) in [4.78, 5) is 22.8. The largest absolute Gasteiger partial charge is 0.350 e. The Bertz CT molecular complexity index is 686. The lowest BCUT2D eigenvalue weighted by Gasteiger charge is -2.26. The van der Waals surface area contributed by atoms with Crippen molar-refractivity contribution < 1.29 is 4.79 Å². The lowest BCUT2D eigenvalue weighted by Crippen LogP contribution is -2.36. The Morgan fingerprint density at radius 3 is 2.74 bits per heavy atom. The summed E-state index contributed by atoms with van der Waals surface area (Å²) in [6.45, 7) is 2.14. The van der Waals surface area contributed by atoms with Crippen LogP contribution in [0.2, 0.25) is 5.02 Å². The molecule has 0 unspecified atom stereocenters. The predicted octanol–water partition coefficient (Wildman–Crippen LogP) is 3.37. The molecule has 5 nitrogen and oxygen atoms in total. The lowest BCUT2D eigenvalue weighted by molar-refractivity contribution is 0.0718. The number of nitrogens with zero attached hydrogens (tertiary/aromatic N) is 3. The molecule has 120 valence electrons. The summed E-state index contributed by atoms with van der Waals surface area (Å²) >= 11 is 6.13. The Hall–Kier alpha value is -2.14. The molecule has 1 saturated heterocycles. The van der Waals surface area contributed by atoms with E-state index in [1.807, 2.05) is 29.2 Å². The molecular formula is C17H19ClN4O. The van der Waals surface area contributed by atoms with E-state index in [9.17, 15) is 4.79 Å². The van der Waals surface area contributed by atoms with Gasteiger partial charge in [-0.25, -0.2) is 9.97 Å². The van der Waals surface area contributed by atoms with E-state index in [1.165, 1.54) is 6.42 Å². The molecule has 6 heteroatoms. The normalized spacial score (nSPS) is 14.6. The van der Waals surface area contributed by atoms with E-state index in [4.69, 9.17) is 11.6 Å². The molecule has 1 amide bonds. The molecule has 0 radical (unpaired) electrons. The number of likely N-dealkylation sites (tertiary alicyclic amines) is 1. The van der Waals surface area contributed by atoms with Gasteiger partial charge >= 0.3 is 0 Å². The van der Waals surface area contributed by atoms with Crippen molar-refractivity contribution in [2.45, 2.75) is 25.8 Å². The van der Waals surface area contributed by atoms with Crippen LogP contribution >= 0.6 is 11.6 Å². The molecule has 1 N–H and O–H groups in total. The van der Waals surface area contributed by atoms with Crippen LogP contribution in [0, 0.1) is 0 Å². The summed E-state index contributed by atoms with van der Waals surface area (Å²) in [7, 11) is 0. The van der Waals surface area contributed by atoms with Crippen molar-refractivity contribution in [2.24, 2.45) is 0 Å². The number of aromatic nitrogens is 2. The fourth-order valence-corrected chi connectivity index (χ4v) is 2.84. The second-order valence-electron chi connectivity index (χ2n) is 5.56. The zero-order valence-electron chi connectivity index (χ0n) is 12.8. The molecule has 1 aromatic heterocycles. The first-order chi connectivity index (χ1) is 11.2. The summed E-state index contributed by atoms with van der Waals surface area (Å²) in [5.74, 6) is 0.417. The van der Waals surface area contributed by atoms with Crippen LogP contribution in [0.1, 0.15) is 35.3 Å². The minimum Gasteiger partial charge on any atom is -0.350 e. The highest BCUT2D eigenvalue weighted by Gasteiger charge is 2.19. The maximum absolute atomic E-state index is 12.5. The molecule has 23 heavy (non-hydrogen) atoms. The number of hydrogen-bond donors (Lipinski definition) is 1. The third-order valence-corrected chi connectivity index (χ3v) is 4.28. The smallest absolute Gasteiger partial charge is 0.272 e. The Labute approximate surface area is 140 Å². The van der Waals surface area contributed by atoms with Gasteiger partial charge in [0.1, 0.15) is 5.69 Å². The Balaban J connectivity index is 1.67. The van der Waals surface area contributed by atoms with E-state index in [-0.39, 0.29) is 5.91 Å². The van der Waals surface area contributed by atoms with Gasteiger partial charge in [-0.05, 0) is 37.0 Å². The monoisotopic (exact) mass is 330 g/mol. The Kier molecular flexibility index (Phi) is 5.08. The molecule has 3 rings (SSSR count). The number of carbonyl (C=O) groups excluding carboxylic acids is 1. The van der Waals surface area contributed by atoms with Gasteiger partial charge < -0.3 is 10.2 Å². The van der Waals surface area contributed by atoms with Gasteiger partial charge in [0.2, 0.25) is 5.95 Å². The first kappa shape index (κ1) is 15.7. The third-order valence-electron chi connectivity index (χ3n) is 3.91. The van der Waals surface area contributed by atoms with Crippen LogP contribution in [-0.4, -0.2) is 33.9 Å². The van der Waals surface area contributed by atoms with Crippen LogP contribution in [0.3, 0.4) is 0 Å². The summed E-state index contributed by atoms with van der Waals surface area (Å²) in [5.41, 5.74) is 1.40. The van der Waals surface area contributed by atoms with Gasteiger partial charge in [-0.15, -0.1) is 0 Å². The predicted molar refractivity (Wildman–Crippen MR) is 90.6 cm³/mol. The van der Waals surface area contributed by atoms with Crippen LogP contribution in [0.25, 0.3) is 0 Å². The van der Waals surface area contributed by atoms with E-state index < -0.39 is 0 Å². The van der Waals surface area contributed by atoms with Crippen LogP contribution in [-0.2, 0) is 6.54 Å². The van der Waals surface area contributed by atoms with Crippen molar-refractivity contribution in [3.05, 3.63) is 52.8 Å². The fraction of sp³-hybridized carbons (Fsp3) is 0.353. The molecule has 2 heterocycles. The molecule has 0 atom stereocenters. The summed E-state index contributed by atoms with van der Waals surface area (Å²) in [6.07, 6.45) is 4.93. The van der Waals surface area contributed by atoms with E-state index >= 15 is 0 Å². The molecule has 0 spiro atoms. The molecule has 1 fully saturated rings. The molecule has 1 aliphatic rings. The first-order valence-electron chi connectivity index (χ1n) is 7.83. The van der Waals surface area contributed by atoms with E-state index in [0.717, 1.165) is 31.5 Å². The summed E-state index contributed by atoms with van der Waals surface area (Å²) < 4.78 is 0. The maximum Gasteiger partial charge on any atom is 0.272 e. The minimum absolute atomic E-state index is 0.0205. The molecule has 0 bridgehead atoms. The quantitative estimate of drug-likeness (QED) is 0.933. The van der Waals surface area contributed by atoms with E-state index in [2.05, 4.69) is 15.3 Å². The van der Waals surface area contributed by atoms with Crippen LogP contribution < -0.4 is 5.32 Å². The average molecular weight is 331 g/mol. The number of rotatable bonds is 4. The van der Waals surface area contributed by atoms with Gasteiger partial charge in [-0.3, -0.25) is 4.79 Å². The van der Waals surface area contributed by atoms with Crippen molar-refractivity contribution in [3.63, 3.8) is 0 Å². The Morgan fingerprint density at radius 2 is 1.96 bits per heavy atom. The van der Waals surface area contributed by atoms with Gasteiger partial charge in [-0.2, -0.15) is 0 Å². The van der Waals surface area contributed by atoms with Crippen LogP contribution in [0.5, 0.6) is 0 Å². The Morgan fingerprint density at radius 1 is 1.17 bits per heavy atom. The summed E-state index contributed by atoms with van der Waals surface area (Å²) in [5, 5.41) is 3.82. The average Bonchev–Trinajstić information content (AvgIpc) is 2.61. The zero-order chi connectivity index (χ0) is 16.1. The SMILES string of the molecule is O=C(c1ccnc(NCc2ccccc2Cl)n1)N1CCCCC1. The van der Waals surface area contributed by atoms with Crippen molar-refractivity contribution >= 4 is 23.5 Å². The highest BCUT2D eigenvalue weighted by Crippen LogP contribution is 2.16. The summed E-state index contributed by atoms with van der Waals surface area (Å²) in [6, 6.07) is 9.27. The standard InChI is InChI=1S/C17H19ClN4O/c18-14-7-3-2-6-13(14)12-20-17-19-9-8-15(21-17)16(23)22-10-4-1-5-11-22/h2-3,6-9H,1,4-5,10-12H2,(H,19,20,21). The van der Waals surface area contributed by atoms with E-state index in [0.29, 0.717) is 23.2 Å². The maximum atomic E-state index is 12.5. The second kappa shape index (κ2) is 7.42. The zero-order valence-corrected chi connectivity index (χ0v) is 13.6. The first-order valence-corrected chi connectivity index (χ1v) is 8.21. The number of piperidine rings is 1. The number of carbonyl (C=O) groups is 1. The highest BCUT2D eigenvalue weighted by molar-refractivity contribution is 6.31. The van der Waals surface area contributed by atoms with Crippen LogP contribution in [0.15, 0.2) is 36.5 Å². The van der Waals surface area contributed by atoms with Gasteiger partial charge in [0, 0.05) is 30.9 Å². The molecule has 2 aromatic rings. The fourth-order valence-electron chi connectivity index (χ4n) is 2.64. The van der Waals surface area contributed by atoms with Gasteiger partial charge in [0.25, 0.3) is 5.91 Å². The van der Waals surface area contributed by atoms with Crippen molar-refractivity contribution in [2.75, 3.05) is 18.4 Å². The number of amides is 1. The van der Waals surface area contributed by atoms with Crippen molar-refractivity contribution in [3.8, 4) is 0 Å². The van der Waals surface area contributed by atoms with Gasteiger partial charge in [0.15, 0.2) is 0 Å². The molecule has 0 aliphatic carbocycles. The number of halogens is 1. The minimum atomic E-state index is -0.0205. The van der Waals surface area contributed by atoms with E-state index in [1.54, 1.807) is 12.3 Å². The number of anilines is 1. The molecule has 1 aliphatic heterocycles. The van der Waals surface area contributed by atoms with Crippen LogP contribution in [0.4, 0.5) is 5.95 Å². The molecular weight excluding hydrogens is 312 g/mol. The number of benzene rings is 1. The van der Waals surface area contributed by atoms with Crippen molar-refractivity contribution in [1.82, 2.24) is 14.9 Å². The number of nitrogens with one attached hydrogen (secondary N) is 1. The van der Waals surface area contributed by atoms with Gasteiger partial charge in [0.05, 0.1) is 0 Å². The lowest BCUT2D eigenvalue weighted by atomic mass is 10.1. The molecule has 0 saturated carbocycles. The van der Waals surface area contributed by atoms with Gasteiger partial charge in [-0.1, -0.05) is 29.8 Å². The number of hydrogen-bond acceptors (Lipinski definition) is 4. The topological polar surface area (TPSA) is 58.1 Å².